The standard InChI is InChI=1S/C22H26N6/c23-22-18-13-17(11-12-19(18)24-26-22)20-21(16-9-5-2-6-10-16)28(27-25-20)14-15-7-3-1-4-8-15/h1-10,17-19,22,24,26H,11-14,23H2. The molecule has 3 aromatic rings. The van der Waals surface area contributed by atoms with Gasteiger partial charge in [-0.2, -0.15) is 0 Å². The van der Waals surface area contributed by atoms with E-state index in [0.717, 1.165) is 37.2 Å². The van der Waals surface area contributed by atoms with E-state index < -0.39 is 0 Å². The lowest BCUT2D eigenvalue weighted by Gasteiger charge is -2.31. The quantitative estimate of drug-likeness (QED) is 0.654. The minimum atomic E-state index is 0.00680. The molecule has 6 heteroatoms. The van der Waals surface area contributed by atoms with Gasteiger partial charge in [0.05, 0.1) is 24.1 Å². The molecule has 144 valence electrons. The summed E-state index contributed by atoms with van der Waals surface area (Å²) in [6.07, 6.45) is 3.25. The number of nitrogens with zero attached hydrogens (tertiary/aromatic N) is 3. The minimum Gasteiger partial charge on any atom is -0.315 e. The zero-order valence-electron chi connectivity index (χ0n) is 15.8. The number of nitrogens with one attached hydrogen (secondary N) is 2. The van der Waals surface area contributed by atoms with Gasteiger partial charge < -0.3 is 5.73 Å². The fourth-order valence-corrected chi connectivity index (χ4v) is 4.70. The summed E-state index contributed by atoms with van der Waals surface area (Å²) in [5.41, 5.74) is 17.5. The van der Waals surface area contributed by atoms with E-state index in [4.69, 9.17) is 5.73 Å². The van der Waals surface area contributed by atoms with Crippen LogP contribution in [0.1, 0.15) is 36.4 Å². The zero-order chi connectivity index (χ0) is 18.9. The van der Waals surface area contributed by atoms with Crippen molar-refractivity contribution in [1.82, 2.24) is 25.8 Å². The number of nitrogens with two attached hydrogens (primary N) is 1. The van der Waals surface area contributed by atoms with Gasteiger partial charge in [-0.15, -0.1) is 5.10 Å². The summed E-state index contributed by atoms with van der Waals surface area (Å²) in [5, 5.41) is 9.25. The van der Waals surface area contributed by atoms with Crippen molar-refractivity contribution < 1.29 is 0 Å². The van der Waals surface area contributed by atoms with Gasteiger partial charge in [0, 0.05) is 23.4 Å². The van der Waals surface area contributed by atoms with Crippen molar-refractivity contribution in [3.05, 3.63) is 71.9 Å². The van der Waals surface area contributed by atoms with Gasteiger partial charge in [0.2, 0.25) is 0 Å². The molecule has 0 bridgehead atoms. The van der Waals surface area contributed by atoms with Gasteiger partial charge in [0.25, 0.3) is 0 Å². The van der Waals surface area contributed by atoms with Gasteiger partial charge in [-0.1, -0.05) is 65.9 Å². The second kappa shape index (κ2) is 7.47. The molecule has 1 aliphatic heterocycles. The molecular formula is C22H26N6. The summed E-state index contributed by atoms with van der Waals surface area (Å²) >= 11 is 0. The molecule has 1 aromatic heterocycles. The normalized spacial score (nSPS) is 26.9. The second-order valence-corrected chi connectivity index (χ2v) is 7.93. The van der Waals surface area contributed by atoms with E-state index in [1.165, 1.54) is 11.1 Å². The molecule has 2 heterocycles. The molecule has 1 saturated carbocycles. The van der Waals surface area contributed by atoms with E-state index in [1.54, 1.807) is 0 Å². The molecule has 1 aliphatic carbocycles. The van der Waals surface area contributed by atoms with Crippen LogP contribution in [-0.4, -0.2) is 27.2 Å². The molecule has 2 aromatic carbocycles. The van der Waals surface area contributed by atoms with E-state index in [0.29, 0.717) is 17.9 Å². The van der Waals surface area contributed by atoms with E-state index in [-0.39, 0.29) is 6.17 Å². The number of hydrogen-bond acceptors (Lipinski definition) is 5. The Morgan fingerprint density at radius 1 is 0.964 bits per heavy atom. The number of rotatable bonds is 4. The summed E-state index contributed by atoms with van der Waals surface area (Å²) in [5.74, 6) is 0.815. The van der Waals surface area contributed by atoms with Gasteiger partial charge in [0.1, 0.15) is 0 Å². The Morgan fingerprint density at radius 2 is 1.71 bits per heavy atom. The van der Waals surface area contributed by atoms with Crippen molar-refractivity contribution in [1.29, 1.82) is 0 Å². The predicted molar refractivity (Wildman–Crippen MR) is 109 cm³/mol. The Labute approximate surface area is 165 Å². The Kier molecular flexibility index (Phi) is 4.68. The lowest BCUT2D eigenvalue weighted by molar-refractivity contribution is 0.276. The maximum atomic E-state index is 6.27. The minimum absolute atomic E-state index is 0.00680. The Balaban J connectivity index is 1.51. The summed E-state index contributed by atoms with van der Waals surface area (Å²) in [4.78, 5) is 0. The predicted octanol–water partition coefficient (Wildman–Crippen LogP) is 2.64. The summed E-state index contributed by atoms with van der Waals surface area (Å²) < 4.78 is 2.05. The largest absolute Gasteiger partial charge is 0.315 e. The number of hydrogen-bond donors (Lipinski definition) is 3. The van der Waals surface area contributed by atoms with E-state index >= 15 is 0 Å². The molecule has 2 aliphatic rings. The third-order valence-corrected chi connectivity index (χ3v) is 6.17. The zero-order valence-corrected chi connectivity index (χ0v) is 15.8. The molecule has 0 amide bonds. The molecule has 2 fully saturated rings. The summed E-state index contributed by atoms with van der Waals surface area (Å²) in [6, 6.07) is 21.4. The third-order valence-electron chi connectivity index (χ3n) is 6.17. The fraction of sp³-hybridized carbons (Fsp3) is 0.364. The van der Waals surface area contributed by atoms with Gasteiger partial charge in [0.15, 0.2) is 0 Å². The van der Waals surface area contributed by atoms with Crippen LogP contribution in [0.3, 0.4) is 0 Å². The molecule has 28 heavy (non-hydrogen) atoms. The number of hydrazine groups is 1. The molecule has 5 rings (SSSR count). The van der Waals surface area contributed by atoms with Crippen molar-refractivity contribution in [3.8, 4) is 11.3 Å². The maximum absolute atomic E-state index is 6.27. The van der Waals surface area contributed by atoms with Gasteiger partial charge in [-0.3, -0.25) is 5.43 Å². The molecular weight excluding hydrogens is 348 g/mol. The first kappa shape index (κ1) is 17.6. The Hall–Kier alpha value is -2.54. The monoisotopic (exact) mass is 374 g/mol. The number of fused-ring (bicyclic) bond motifs is 1. The number of aromatic nitrogens is 3. The van der Waals surface area contributed by atoms with E-state index in [2.05, 4.69) is 80.4 Å². The van der Waals surface area contributed by atoms with Crippen LogP contribution in [0.5, 0.6) is 0 Å². The van der Waals surface area contributed by atoms with Crippen LogP contribution >= 0.6 is 0 Å². The number of benzene rings is 2. The SMILES string of the molecule is NC1NNC2CCC(c3nnn(Cc4ccccc4)c3-c3ccccc3)CC12. The van der Waals surface area contributed by atoms with Gasteiger partial charge in [-0.05, 0) is 24.8 Å². The van der Waals surface area contributed by atoms with Crippen molar-refractivity contribution in [2.24, 2.45) is 11.7 Å². The third kappa shape index (κ3) is 3.24. The second-order valence-electron chi connectivity index (χ2n) is 7.93. The van der Waals surface area contributed by atoms with Crippen molar-refractivity contribution >= 4 is 0 Å². The van der Waals surface area contributed by atoms with E-state index in [9.17, 15) is 0 Å². The highest BCUT2D eigenvalue weighted by Crippen LogP contribution is 2.41. The van der Waals surface area contributed by atoms with Crippen LogP contribution < -0.4 is 16.6 Å². The average molecular weight is 374 g/mol. The Bertz CT molecular complexity index is 923. The highest BCUT2D eigenvalue weighted by Gasteiger charge is 2.40. The fourth-order valence-electron chi connectivity index (χ4n) is 4.70. The van der Waals surface area contributed by atoms with Crippen molar-refractivity contribution in [3.63, 3.8) is 0 Å². The average Bonchev–Trinajstić information content (AvgIpc) is 3.33. The van der Waals surface area contributed by atoms with Crippen LogP contribution in [-0.2, 0) is 6.54 Å². The first-order valence-electron chi connectivity index (χ1n) is 10.1. The lowest BCUT2D eigenvalue weighted by Crippen LogP contribution is -2.39. The molecule has 6 nitrogen and oxygen atoms in total. The van der Waals surface area contributed by atoms with Crippen LogP contribution in [0.15, 0.2) is 60.7 Å². The van der Waals surface area contributed by atoms with Crippen LogP contribution in [0.2, 0.25) is 0 Å². The highest BCUT2D eigenvalue weighted by molar-refractivity contribution is 5.62. The molecule has 4 atom stereocenters. The summed E-state index contributed by atoms with van der Waals surface area (Å²) in [7, 11) is 0. The highest BCUT2D eigenvalue weighted by atomic mass is 15.5. The van der Waals surface area contributed by atoms with Crippen LogP contribution in [0, 0.1) is 5.92 Å². The van der Waals surface area contributed by atoms with Gasteiger partial charge >= 0.3 is 0 Å². The molecule has 0 radical (unpaired) electrons. The molecule has 4 unspecified atom stereocenters. The Morgan fingerprint density at radius 3 is 2.50 bits per heavy atom. The van der Waals surface area contributed by atoms with Crippen molar-refractivity contribution in [2.45, 2.75) is 43.9 Å². The van der Waals surface area contributed by atoms with Gasteiger partial charge in [-0.25, -0.2) is 10.1 Å². The van der Waals surface area contributed by atoms with Crippen molar-refractivity contribution in [2.75, 3.05) is 0 Å². The first-order valence-corrected chi connectivity index (χ1v) is 10.1. The van der Waals surface area contributed by atoms with Crippen LogP contribution in [0.25, 0.3) is 11.3 Å². The molecule has 4 N–H and O–H groups in total. The topological polar surface area (TPSA) is 80.8 Å². The first-order chi connectivity index (χ1) is 13.8. The smallest absolute Gasteiger partial charge is 0.0938 e. The van der Waals surface area contributed by atoms with Crippen LogP contribution in [0.4, 0.5) is 0 Å². The molecule has 0 spiro atoms. The maximum Gasteiger partial charge on any atom is 0.0938 e. The summed E-state index contributed by atoms with van der Waals surface area (Å²) in [6.45, 7) is 0.722. The molecule has 1 saturated heterocycles. The lowest BCUT2D eigenvalue weighted by atomic mass is 9.76. The van der Waals surface area contributed by atoms with E-state index in [1.807, 2.05) is 6.07 Å².